The number of nitrogens with zero attached hydrogens (tertiary/aromatic N) is 3. The molecule has 1 fully saturated rings. The molecule has 2 heterocycles. The Morgan fingerprint density at radius 2 is 1.51 bits per heavy atom. The highest BCUT2D eigenvalue weighted by atomic mass is 16.2. The molecule has 1 saturated heterocycles. The van der Waals surface area contributed by atoms with Gasteiger partial charge in [0.2, 0.25) is 17.7 Å². The summed E-state index contributed by atoms with van der Waals surface area (Å²) in [7, 11) is 0. The van der Waals surface area contributed by atoms with Crippen LogP contribution in [-0.2, 0) is 20.9 Å². The van der Waals surface area contributed by atoms with E-state index in [9.17, 15) is 14.4 Å². The van der Waals surface area contributed by atoms with Gasteiger partial charge >= 0.3 is 0 Å². The summed E-state index contributed by atoms with van der Waals surface area (Å²) in [5.41, 5.74) is 4.80. The smallest absolute Gasteiger partial charge is 0.248 e. The number of carbonyl (C=O) groups is 3. The van der Waals surface area contributed by atoms with Gasteiger partial charge in [-0.1, -0.05) is 60.7 Å². The first kappa shape index (κ1) is 23.9. The maximum Gasteiger partial charge on any atom is 0.248 e. The lowest BCUT2D eigenvalue weighted by Gasteiger charge is -2.24. The van der Waals surface area contributed by atoms with Crippen molar-refractivity contribution in [3.8, 4) is 11.3 Å². The minimum Gasteiger partial charge on any atom is -0.323 e. The second-order valence-corrected chi connectivity index (χ2v) is 8.83. The molecule has 0 unspecified atom stereocenters. The number of imide groups is 1. The zero-order valence-corrected chi connectivity index (χ0v) is 20.2. The third-order valence-corrected chi connectivity index (χ3v) is 6.11. The van der Waals surface area contributed by atoms with Gasteiger partial charge in [0.1, 0.15) is 0 Å². The van der Waals surface area contributed by atoms with E-state index in [0.717, 1.165) is 22.4 Å². The van der Waals surface area contributed by atoms with Crippen LogP contribution in [0.2, 0.25) is 0 Å². The Kier molecular flexibility index (Phi) is 7.03. The first-order valence-electron chi connectivity index (χ1n) is 12.2. The van der Waals surface area contributed by atoms with E-state index in [0.29, 0.717) is 37.2 Å². The molecule has 0 aliphatic carbocycles. The van der Waals surface area contributed by atoms with Crippen LogP contribution in [-0.4, -0.2) is 27.5 Å². The Bertz CT molecular complexity index is 1430. The summed E-state index contributed by atoms with van der Waals surface area (Å²) in [6, 6.07) is 26.6. The molecule has 0 saturated carbocycles. The zero-order valence-electron chi connectivity index (χ0n) is 20.2. The van der Waals surface area contributed by atoms with Gasteiger partial charge in [-0.25, -0.2) is 0 Å². The molecule has 1 N–H and O–H groups in total. The molecule has 1 aliphatic rings. The third-order valence-electron chi connectivity index (χ3n) is 6.11. The normalized spacial score (nSPS) is 13.8. The molecule has 7 heteroatoms. The van der Waals surface area contributed by atoms with E-state index in [1.807, 2.05) is 59.4 Å². The van der Waals surface area contributed by atoms with Gasteiger partial charge in [0.25, 0.3) is 0 Å². The SMILES string of the molecule is O=C(/C=C/c1cn(Cc2ccccc2)nc1-c1ccccc1)Nc1ccc(N2C(=O)CCCC2=O)cc1. The Morgan fingerprint density at radius 3 is 2.19 bits per heavy atom. The molecule has 3 aromatic carbocycles. The average Bonchev–Trinajstić information content (AvgIpc) is 3.32. The Morgan fingerprint density at radius 1 is 0.865 bits per heavy atom. The Labute approximate surface area is 215 Å². The van der Waals surface area contributed by atoms with E-state index < -0.39 is 0 Å². The van der Waals surface area contributed by atoms with Crippen molar-refractivity contribution in [1.82, 2.24) is 9.78 Å². The number of aromatic nitrogens is 2. The van der Waals surface area contributed by atoms with Gasteiger partial charge in [-0.05, 0) is 42.3 Å². The number of nitrogens with one attached hydrogen (secondary N) is 1. The number of piperidine rings is 1. The number of carbonyl (C=O) groups excluding carboxylic acids is 3. The lowest BCUT2D eigenvalue weighted by atomic mass is 10.1. The van der Waals surface area contributed by atoms with E-state index in [1.54, 1.807) is 30.3 Å². The predicted molar refractivity (Wildman–Crippen MR) is 144 cm³/mol. The van der Waals surface area contributed by atoms with Gasteiger partial charge in [-0.15, -0.1) is 0 Å². The van der Waals surface area contributed by atoms with Crippen molar-refractivity contribution in [2.75, 3.05) is 10.2 Å². The van der Waals surface area contributed by atoms with Gasteiger partial charge in [0.05, 0.1) is 17.9 Å². The molecule has 5 rings (SSSR count). The van der Waals surface area contributed by atoms with Crippen LogP contribution >= 0.6 is 0 Å². The molecule has 4 aromatic rings. The second kappa shape index (κ2) is 10.9. The van der Waals surface area contributed by atoms with Crippen LogP contribution in [0.3, 0.4) is 0 Å². The molecule has 1 aromatic heterocycles. The van der Waals surface area contributed by atoms with Crippen molar-refractivity contribution in [2.45, 2.75) is 25.8 Å². The summed E-state index contributed by atoms with van der Waals surface area (Å²) < 4.78 is 1.87. The maximum atomic E-state index is 12.7. The summed E-state index contributed by atoms with van der Waals surface area (Å²) >= 11 is 0. The zero-order chi connectivity index (χ0) is 25.6. The van der Waals surface area contributed by atoms with Gasteiger partial charge in [0.15, 0.2) is 0 Å². The van der Waals surface area contributed by atoms with Crippen LogP contribution < -0.4 is 10.2 Å². The van der Waals surface area contributed by atoms with Crippen molar-refractivity contribution in [3.05, 3.63) is 108 Å². The summed E-state index contributed by atoms with van der Waals surface area (Å²) in [4.78, 5) is 38.2. The van der Waals surface area contributed by atoms with E-state index in [4.69, 9.17) is 5.10 Å². The van der Waals surface area contributed by atoms with Crippen molar-refractivity contribution in [1.29, 1.82) is 0 Å². The third kappa shape index (κ3) is 5.73. The molecular weight excluding hydrogens is 464 g/mol. The number of rotatable bonds is 7. The van der Waals surface area contributed by atoms with Crippen LogP contribution in [0.4, 0.5) is 11.4 Å². The van der Waals surface area contributed by atoms with Crippen LogP contribution in [0.15, 0.2) is 97.2 Å². The summed E-state index contributed by atoms with van der Waals surface area (Å²) in [6.45, 7) is 0.620. The number of anilines is 2. The Balaban J connectivity index is 1.31. The van der Waals surface area contributed by atoms with E-state index in [1.165, 1.54) is 11.0 Å². The minimum absolute atomic E-state index is 0.196. The lowest BCUT2D eigenvalue weighted by Crippen LogP contribution is -2.40. The fourth-order valence-corrected chi connectivity index (χ4v) is 4.32. The van der Waals surface area contributed by atoms with Crippen LogP contribution in [0, 0.1) is 0 Å². The highest BCUT2D eigenvalue weighted by molar-refractivity contribution is 6.16. The molecule has 0 spiro atoms. The highest BCUT2D eigenvalue weighted by Gasteiger charge is 2.27. The first-order valence-corrected chi connectivity index (χ1v) is 12.2. The topological polar surface area (TPSA) is 84.3 Å². The van der Waals surface area contributed by atoms with Gasteiger partial charge in [0, 0.05) is 41.9 Å². The lowest BCUT2D eigenvalue weighted by molar-refractivity contribution is -0.129. The molecule has 7 nitrogen and oxygen atoms in total. The molecule has 0 atom stereocenters. The monoisotopic (exact) mass is 490 g/mol. The second-order valence-electron chi connectivity index (χ2n) is 8.83. The molecule has 0 radical (unpaired) electrons. The molecule has 3 amide bonds. The van der Waals surface area contributed by atoms with E-state index in [-0.39, 0.29) is 17.7 Å². The van der Waals surface area contributed by atoms with Gasteiger partial charge < -0.3 is 5.32 Å². The number of benzene rings is 3. The van der Waals surface area contributed by atoms with Crippen molar-refractivity contribution < 1.29 is 14.4 Å². The average molecular weight is 491 g/mol. The van der Waals surface area contributed by atoms with Crippen LogP contribution in [0.25, 0.3) is 17.3 Å². The molecule has 184 valence electrons. The number of amides is 3. The minimum atomic E-state index is -0.298. The maximum absolute atomic E-state index is 12.7. The van der Waals surface area contributed by atoms with Crippen LogP contribution in [0.5, 0.6) is 0 Å². The van der Waals surface area contributed by atoms with E-state index >= 15 is 0 Å². The van der Waals surface area contributed by atoms with Gasteiger partial charge in [-0.2, -0.15) is 5.10 Å². The number of hydrogen-bond donors (Lipinski definition) is 1. The largest absolute Gasteiger partial charge is 0.323 e. The van der Waals surface area contributed by atoms with Crippen molar-refractivity contribution in [3.63, 3.8) is 0 Å². The number of hydrogen-bond acceptors (Lipinski definition) is 4. The van der Waals surface area contributed by atoms with E-state index in [2.05, 4.69) is 17.4 Å². The fraction of sp³-hybridized carbons (Fsp3) is 0.133. The highest BCUT2D eigenvalue weighted by Crippen LogP contribution is 2.25. The fourth-order valence-electron chi connectivity index (χ4n) is 4.32. The summed E-state index contributed by atoms with van der Waals surface area (Å²) in [5.74, 6) is -0.691. The quantitative estimate of drug-likeness (QED) is 0.282. The first-order chi connectivity index (χ1) is 18.1. The molecule has 37 heavy (non-hydrogen) atoms. The molecule has 1 aliphatic heterocycles. The standard InChI is InChI=1S/C30H26N4O3/c35-27(31-25-15-17-26(18-16-25)34-28(36)12-7-13-29(34)37)19-14-24-21-33(20-22-8-3-1-4-9-22)32-30(24)23-10-5-2-6-11-23/h1-6,8-11,14-19,21H,7,12-13,20H2,(H,31,35)/b19-14+. The Hall–Kier alpha value is -4.78. The van der Waals surface area contributed by atoms with Crippen molar-refractivity contribution >= 4 is 35.2 Å². The summed E-state index contributed by atoms with van der Waals surface area (Å²) in [5, 5.41) is 7.61. The van der Waals surface area contributed by atoms with Gasteiger partial charge in [-0.3, -0.25) is 24.0 Å². The molecular formula is C30H26N4O3. The summed E-state index contributed by atoms with van der Waals surface area (Å²) in [6.07, 6.45) is 6.48. The predicted octanol–water partition coefficient (Wildman–Crippen LogP) is 5.29. The van der Waals surface area contributed by atoms with Crippen LogP contribution in [0.1, 0.15) is 30.4 Å². The van der Waals surface area contributed by atoms with Crippen molar-refractivity contribution in [2.24, 2.45) is 0 Å². The molecule has 0 bridgehead atoms.